The highest BCUT2D eigenvalue weighted by atomic mass is 19.1. The number of nitrogens with zero attached hydrogens (tertiary/aromatic N) is 4. The van der Waals surface area contributed by atoms with Gasteiger partial charge in [-0.1, -0.05) is 96.2 Å². The minimum Gasteiger partial charge on any atom is -0.375 e. The van der Waals surface area contributed by atoms with Gasteiger partial charge in [-0.2, -0.15) is 0 Å². The lowest BCUT2D eigenvalue weighted by molar-refractivity contribution is 0.0183. The molecule has 1 aromatic heterocycles. The predicted octanol–water partition coefficient (Wildman–Crippen LogP) is 6.25. The molecule has 218 valence electrons. The lowest BCUT2D eigenvalue weighted by Gasteiger charge is -2.34. The number of aryl methyl sites for hydroxylation is 1. The fourth-order valence-corrected chi connectivity index (χ4v) is 5.90. The molecule has 0 atom stereocenters. The molecule has 6 nitrogen and oxygen atoms in total. The second-order valence-electron chi connectivity index (χ2n) is 10.9. The maximum absolute atomic E-state index is 15.5. The van der Waals surface area contributed by atoms with Crippen LogP contribution in [0.15, 0.2) is 119 Å². The standard InChI is InChI=1S/C36H35FN4O2/c1-3-40-26-27(35(42)31-23-32(37)34(24-33(31)40)41-21-19-39(2)20-22-41)25-38-43-36(28-13-7-4-8-14-28,29-15-9-5-10-16-29)30-17-11-6-12-18-30/h4-18,23-26H,3,19-22H2,1-2H3. The average molecular weight is 575 g/mol. The van der Waals surface area contributed by atoms with Crippen LogP contribution in [0.3, 0.4) is 0 Å². The van der Waals surface area contributed by atoms with E-state index in [1.807, 2.05) is 109 Å². The summed E-state index contributed by atoms with van der Waals surface area (Å²) >= 11 is 0. The highest BCUT2D eigenvalue weighted by Crippen LogP contribution is 2.40. The first-order valence-corrected chi connectivity index (χ1v) is 14.7. The topological polar surface area (TPSA) is 50.1 Å². The summed E-state index contributed by atoms with van der Waals surface area (Å²) in [5, 5.41) is 4.78. The van der Waals surface area contributed by atoms with Gasteiger partial charge in [0.15, 0.2) is 5.43 Å². The van der Waals surface area contributed by atoms with Crippen LogP contribution in [0.4, 0.5) is 10.1 Å². The molecule has 1 aliphatic heterocycles. The van der Waals surface area contributed by atoms with Crippen LogP contribution in [0, 0.1) is 5.82 Å². The number of hydrogen-bond donors (Lipinski definition) is 0. The van der Waals surface area contributed by atoms with Gasteiger partial charge in [-0.3, -0.25) is 4.79 Å². The van der Waals surface area contributed by atoms with Crippen molar-refractivity contribution in [3.63, 3.8) is 0 Å². The minimum absolute atomic E-state index is 0.291. The van der Waals surface area contributed by atoms with E-state index in [4.69, 9.17) is 4.84 Å². The third kappa shape index (κ3) is 5.44. The van der Waals surface area contributed by atoms with E-state index in [0.717, 1.165) is 42.9 Å². The number of oxime groups is 1. The highest BCUT2D eigenvalue weighted by Gasteiger charge is 2.39. The van der Waals surface area contributed by atoms with Crippen LogP contribution in [-0.4, -0.2) is 48.9 Å². The number of halogens is 1. The summed E-state index contributed by atoms with van der Waals surface area (Å²) in [6.07, 6.45) is 3.22. The molecule has 0 bridgehead atoms. The molecule has 6 rings (SSSR count). The maximum Gasteiger partial charge on any atom is 0.212 e. The summed E-state index contributed by atoms with van der Waals surface area (Å²) in [5.41, 5.74) is 2.89. The Morgan fingerprint density at radius 2 is 1.37 bits per heavy atom. The second kappa shape index (κ2) is 12.2. The van der Waals surface area contributed by atoms with Crippen molar-refractivity contribution in [2.75, 3.05) is 38.1 Å². The van der Waals surface area contributed by atoms with Gasteiger partial charge in [-0.15, -0.1) is 0 Å². The molecule has 0 spiro atoms. The van der Waals surface area contributed by atoms with Gasteiger partial charge in [-0.25, -0.2) is 4.39 Å². The minimum atomic E-state index is -1.07. The number of likely N-dealkylation sites (N-methyl/N-ethyl adjacent to an activating group) is 1. The molecule has 0 aliphatic carbocycles. The Hall–Kier alpha value is -4.75. The van der Waals surface area contributed by atoms with E-state index in [1.165, 1.54) is 12.3 Å². The summed E-state index contributed by atoms with van der Waals surface area (Å²) in [6, 6.07) is 32.9. The lowest BCUT2D eigenvalue weighted by atomic mass is 9.80. The molecule has 1 aliphatic rings. The number of rotatable bonds is 8. The molecule has 0 amide bonds. The van der Waals surface area contributed by atoms with E-state index >= 15 is 4.39 Å². The second-order valence-corrected chi connectivity index (χ2v) is 10.9. The van der Waals surface area contributed by atoms with E-state index in [1.54, 1.807) is 6.20 Å². The predicted molar refractivity (Wildman–Crippen MR) is 171 cm³/mol. The number of fused-ring (bicyclic) bond motifs is 1. The van der Waals surface area contributed by atoms with Gasteiger partial charge in [0.1, 0.15) is 5.82 Å². The Morgan fingerprint density at radius 1 is 0.837 bits per heavy atom. The Labute approximate surface area is 251 Å². The van der Waals surface area contributed by atoms with E-state index < -0.39 is 11.4 Å². The number of benzene rings is 4. The molecule has 0 radical (unpaired) electrons. The monoisotopic (exact) mass is 574 g/mol. The largest absolute Gasteiger partial charge is 0.375 e. The van der Waals surface area contributed by atoms with Gasteiger partial charge < -0.3 is 19.2 Å². The Bertz CT molecular complexity index is 1680. The van der Waals surface area contributed by atoms with Crippen molar-refractivity contribution in [3.05, 3.63) is 148 Å². The van der Waals surface area contributed by atoms with Crippen LogP contribution in [0.25, 0.3) is 10.9 Å². The van der Waals surface area contributed by atoms with Crippen molar-refractivity contribution in [1.29, 1.82) is 0 Å². The van der Waals surface area contributed by atoms with Crippen molar-refractivity contribution in [1.82, 2.24) is 9.47 Å². The summed E-state index contributed by atoms with van der Waals surface area (Å²) in [6.45, 7) is 5.82. The molecular weight excluding hydrogens is 539 g/mol. The zero-order chi connectivity index (χ0) is 29.8. The number of anilines is 1. The average Bonchev–Trinajstić information content (AvgIpc) is 3.06. The van der Waals surface area contributed by atoms with Crippen LogP contribution in [0.5, 0.6) is 0 Å². The van der Waals surface area contributed by atoms with E-state index in [-0.39, 0.29) is 5.43 Å². The van der Waals surface area contributed by atoms with Crippen molar-refractivity contribution in [2.24, 2.45) is 5.16 Å². The molecule has 1 fully saturated rings. The van der Waals surface area contributed by atoms with Crippen molar-refractivity contribution in [3.8, 4) is 0 Å². The Kier molecular flexibility index (Phi) is 8.07. The lowest BCUT2D eigenvalue weighted by Crippen LogP contribution is -2.44. The van der Waals surface area contributed by atoms with E-state index in [2.05, 4.69) is 22.0 Å². The first-order valence-electron chi connectivity index (χ1n) is 14.7. The third-order valence-corrected chi connectivity index (χ3v) is 8.28. The molecule has 1 saturated heterocycles. The smallest absolute Gasteiger partial charge is 0.212 e. The Balaban J connectivity index is 1.43. The molecule has 0 N–H and O–H groups in total. The number of aromatic nitrogens is 1. The maximum atomic E-state index is 15.5. The van der Waals surface area contributed by atoms with E-state index in [9.17, 15) is 4.79 Å². The molecule has 2 heterocycles. The highest BCUT2D eigenvalue weighted by molar-refractivity contribution is 5.89. The fraction of sp³-hybridized carbons (Fsp3) is 0.222. The van der Waals surface area contributed by atoms with Crippen molar-refractivity contribution < 1.29 is 9.23 Å². The van der Waals surface area contributed by atoms with Crippen LogP contribution in [-0.2, 0) is 17.0 Å². The van der Waals surface area contributed by atoms with Gasteiger partial charge in [-0.05, 0) is 26.1 Å². The molecule has 4 aromatic carbocycles. The number of pyridine rings is 1. The summed E-state index contributed by atoms with van der Waals surface area (Å²) in [4.78, 5) is 24.5. The first-order chi connectivity index (χ1) is 21.0. The molecule has 0 unspecified atom stereocenters. The van der Waals surface area contributed by atoms with Gasteiger partial charge >= 0.3 is 0 Å². The molecule has 43 heavy (non-hydrogen) atoms. The van der Waals surface area contributed by atoms with Gasteiger partial charge in [0.05, 0.1) is 23.0 Å². The zero-order valence-corrected chi connectivity index (χ0v) is 24.5. The summed E-state index contributed by atoms with van der Waals surface area (Å²) < 4.78 is 17.4. The van der Waals surface area contributed by atoms with Gasteiger partial charge in [0, 0.05) is 61.0 Å². The van der Waals surface area contributed by atoms with Gasteiger partial charge in [0.25, 0.3) is 0 Å². The third-order valence-electron chi connectivity index (χ3n) is 8.28. The normalized spacial score (nSPS) is 14.4. The van der Waals surface area contributed by atoms with Crippen LogP contribution >= 0.6 is 0 Å². The SMILES string of the molecule is CCn1cc(C=NOC(c2ccccc2)(c2ccccc2)c2ccccc2)c(=O)c2cc(F)c(N3CCN(C)CC3)cc21. The van der Waals surface area contributed by atoms with Crippen LogP contribution < -0.4 is 10.3 Å². The summed E-state index contributed by atoms with van der Waals surface area (Å²) in [5.74, 6) is -0.390. The summed E-state index contributed by atoms with van der Waals surface area (Å²) in [7, 11) is 2.07. The van der Waals surface area contributed by atoms with Crippen molar-refractivity contribution >= 4 is 22.8 Å². The van der Waals surface area contributed by atoms with Gasteiger partial charge in [0.2, 0.25) is 5.60 Å². The Morgan fingerprint density at radius 3 is 1.88 bits per heavy atom. The van der Waals surface area contributed by atoms with Crippen LogP contribution in [0.2, 0.25) is 0 Å². The number of hydrogen-bond acceptors (Lipinski definition) is 5. The fourth-order valence-electron chi connectivity index (χ4n) is 5.90. The molecule has 0 saturated carbocycles. The number of piperazine rings is 1. The van der Waals surface area contributed by atoms with Crippen LogP contribution in [0.1, 0.15) is 29.2 Å². The van der Waals surface area contributed by atoms with E-state index in [0.29, 0.717) is 28.7 Å². The molecule has 5 aromatic rings. The molecule has 7 heteroatoms. The first kappa shape index (κ1) is 28.4. The zero-order valence-electron chi connectivity index (χ0n) is 24.5. The van der Waals surface area contributed by atoms with Crippen molar-refractivity contribution in [2.45, 2.75) is 19.1 Å². The quantitative estimate of drug-likeness (QED) is 0.125. The molecular formula is C36H35FN4O2.